The van der Waals surface area contributed by atoms with Gasteiger partial charge in [0.25, 0.3) is 5.91 Å². The molecule has 0 saturated carbocycles. The number of nitrogens with zero attached hydrogens (tertiary/aromatic N) is 1. The van der Waals surface area contributed by atoms with E-state index in [0.717, 1.165) is 18.5 Å². The number of carbonyl (C=O) groups excluding carboxylic acids is 1. The highest BCUT2D eigenvalue weighted by molar-refractivity contribution is 5.97. The molecule has 0 atom stereocenters. The summed E-state index contributed by atoms with van der Waals surface area (Å²) in [5, 5.41) is 0. The van der Waals surface area contributed by atoms with E-state index in [2.05, 4.69) is 53.7 Å². The molecule has 1 aromatic carbocycles. The van der Waals surface area contributed by atoms with Crippen LogP contribution in [0.5, 0.6) is 0 Å². The molecule has 0 N–H and O–H groups in total. The molecule has 19 heavy (non-hydrogen) atoms. The molecular formula is C17H25NO. The molecule has 1 aliphatic heterocycles. The maximum atomic E-state index is 12.6. The first kappa shape index (κ1) is 14.1. The molecule has 1 amide bonds. The number of fused-ring (bicyclic) bond motifs is 1. The minimum absolute atomic E-state index is 0.0997. The number of rotatable bonds is 0. The highest BCUT2D eigenvalue weighted by Gasteiger charge is 2.32. The van der Waals surface area contributed by atoms with Gasteiger partial charge in [0.05, 0.1) is 0 Å². The lowest BCUT2D eigenvalue weighted by molar-refractivity contribution is 0.0562. The molecule has 1 aliphatic rings. The van der Waals surface area contributed by atoms with Crippen molar-refractivity contribution in [2.24, 2.45) is 0 Å². The van der Waals surface area contributed by atoms with Gasteiger partial charge in [-0.1, -0.05) is 32.9 Å². The Hall–Kier alpha value is -1.31. The van der Waals surface area contributed by atoms with Crippen LogP contribution >= 0.6 is 0 Å². The third-order valence-corrected chi connectivity index (χ3v) is 3.86. The zero-order chi connectivity index (χ0) is 14.4. The van der Waals surface area contributed by atoms with E-state index in [9.17, 15) is 4.79 Å². The number of carbonyl (C=O) groups is 1. The fourth-order valence-electron chi connectivity index (χ4n) is 2.59. The largest absolute Gasteiger partial charge is 0.333 e. The average Bonchev–Trinajstić information content (AvgIpc) is 2.26. The first-order valence-corrected chi connectivity index (χ1v) is 7.06. The Labute approximate surface area is 116 Å². The Morgan fingerprint density at radius 2 is 1.68 bits per heavy atom. The molecule has 0 spiro atoms. The summed E-state index contributed by atoms with van der Waals surface area (Å²) in [6, 6.07) is 6.33. The van der Waals surface area contributed by atoms with Crippen LogP contribution in [-0.2, 0) is 11.8 Å². The summed E-state index contributed by atoms with van der Waals surface area (Å²) < 4.78 is 0. The summed E-state index contributed by atoms with van der Waals surface area (Å²) in [6.45, 7) is 13.7. The second-order valence-electron chi connectivity index (χ2n) is 7.50. The zero-order valence-corrected chi connectivity index (χ0v) is 13.0. The summed E-state index contributed by atoms with van der Waals surface area (Å²) in [6.07, 6.45) is 0.961. The normalized spacial score (nSPS) is 16.5. The molecule has 0 bridgehead atoms. The minimum Gasteiger partial charge on any atom is -0.333 e. The Bertz CT molecular complexity index is 503. The minimum atomic E-state index is -0.0997. The van der Waals surface area contributed by atoms with E-state index >= 15 is 0 Å². The lowest BCUT2D eigenvalue weighted by atomic mass is 9.83. The van der Waals surface area contributed by atoms with Crippen LogP contribution in [0.3, 0.4) is 0 Å². The lowest BCUT2D eigenvalue weighted by Crippen LogP contribution is -2.49. The maximum Gasteiger partial charge on any atom is 0.254 e. The predicted molar refractivity (Wildman–Crippen MR) is 79.6 cm³/mol. The molecular weight excluding hydrogens is 234 g/mol. The van der Waals surface area contributed by atoms with E-state index in [1.165, 1.54) is 11.1 Å². The van der Waals surface area contributed by atoms with Gasteiger partial charge in [0.1, 0.15) is 0 Å². The summed E-state index contributed by atoms with van der Waals surface area (Å²) in [5.74, 6) is 0.175. The van der Waals surface area contributed by atoms with E-state index in [1.807, 2.05) is 11.0 Å². The molecule has 0 saturated heterocycles. The summed E-state index contributed by atoms with van der Waals surface area (Å²) in [4.78, 5) is 14.5. The van der Waals surface area contributed by atoms with E-state index in [1.54, 1.807) is 0 Å². The molecule has 0 fully saturated rings. The van der Waals surface area contributed by atoms with Gasteiger partial charge in [-0.3, -0.25) is 4.79 Å². The van der Waals surface area contributed by atoms with E-state index in [0.29, 0.717) is 0 Å². The third-order valence-electron chi connectivity index (χ3n) is 3.86. The topological polar surface area (TPSA) is 20.3 Å². The Morgan fingerprint density at radius 1 is 1.05 bits per heavy atom. The predicted octanol–water partition coefficient (Wildman–Crippen LogP) is 3.78. The van der Waals surface area contributed by atoms with Gasteiger partial charge in [-0.2, -0.15) is 0 Å². The monoisotopic (exact) mass is 259 g/mol. The Morgan fingerprint density at radius 3 is 2.21 bits per heavy atom. The fraction of sp³-hybridized carbons (Fsp3) is 0.588. The average molecular weight is 259 g/mol. The van der Waals surface area contributed by atoms with Gasteiger partial charge >= 0.3 is 0 Å². The van der Waals surface area contributed by atoms with Crippen molar-refractivity contribution in [3.63, 3.8) is 0 Å². The third kappa shape index (κ3) is 2.68. The van der Waals surface area contributed by atoms with Gasteiger partial charge in [-0.05, 0) is 49.8 Å². The van der Waals surface area contributed by atoms with E-state index in [-0.39, 0.29) is 16.9 Å². The van der Waals surface area contributed by atoms with Crippen LogP contribution in [0.4, 0.5) is 0 Å². The van der Waals surface area contributed by atoms with Gasteiger partial charge in [0.15, 0.2) is 0 Å². The second-order valence-corrected chi connectivity index (χ2v) is 7.50. The van der Waals surface area contributed by atoms with Gasteiger partial charge < -0.3 is 4.90 Å². The van der Waals surface area contributed by atoms with Crippen LogP contribution in [0, 0.1) is 0 Å². The lowest BCUT2D eigenvalue weighted by Gasteiger charge is -2.39. The maximum absolute atomic E-state index is 12.6. The second kappa shape index (κ2) is 4.36. The molecule has 1 aromatic rings. The highest BCUT2D eigenvalue weighted by atomic mass is 16.2. The molecule has 0 radical (unpaired) electrons. The number of hydrogen-bond donors (Lipinski definition) is 0. The van der Waals surface area contributed by atoms with Crippen molar-refractivity contribution in [1.29, 1.82) is 0 Å². The van der Waals surface area contributed by atoms with Crippen molar-refractivity contribution in [2.45, 2.75) is 58.9 Å². The summed E-state index contributed by atoms with van der Waals surface area (Å²) >= 11 is 0. The molecule has 0 aromatic heterocycles. The van der Waals surface area contributed by atoms with Gasteiger partial charge in [0.2, 0.25) is 0 Å². The molecule has 0 unspecified atom stereocenters. The van der Waals surface area contributed by atoms with Crippen LogP contribution in [-0.4, -0.2) is 22.9 Å². The van der Waals surface area contributed by atoms with Gasteiger partial charge in [-0.25, -0.2) is 0 Å². The smallest absolute Gasteiger partial charge is 0.254 e. The standard InChI is InChI=1S/C17H25NO/c1-16(2,3)13-7-8-14-12(11-13)9-10-18(15(14)19)17(4,5)6/h7-8,11H,9-10H2,1-6H3. The van der Waals surface area contributed by atoms with Crippen LogP contribution in [0.25, 0.3) is 0 Å². The molecule has 2 rings (SSSR count). The van der Waals surface area contributed by atoms with E-state index < -0.39 is 0 Å². The molecule has 1 heterocycles. The van der Waals surface area contributed by atoms with Crippen LogP contribution < -0.4 is 0 Å². The SMILES string of the molecule is CC(C)(C)c1ccc2c(c1)CCN(C(C)(C)C)C2=O. The first-order chi connectivity index (χ1) is 8.60. The quantitative estimate of drug-likeness (QED) is 0.694. The number of benzene rings is 1. The van der Waals surface area contributed by atoms with Crippen molar-refractivity contribution in [1.82, 2.24) is 4.90 Å². The van der Waals surface area contributed by atoms with Crippen molar-refractivity contribution >= 4 is 5.91 Å². The van der Waals surface area contributed by atoms with Crippen molar-refractivity contribution < 1.29 is 4.79 Å². The Kier molecular flexibility index (Phi) is 3.24. The van der Waals surface area contributed by atoms with Crippen LogP contribution in [0.1, 0.15) is 63.0 Å². The highest BCUT2D eigenvalue weighted by Crippen LogP contribution is 2.29. The van der Waals surface area contributed by atoms with Crippen molar-refractivity contribution in [3.05, 3.63) is 34.9 Å². The zero-order valence-electron chi connectivity index (χ0n) is 13.0. The first-order valence-electron chi connectivity index (χ1n) is 7.06. The summed E-state index contributed by atoms with van der Waals surface area (Å²) in [7, 11) is 0. The molecule has 0 aliphatic carbocycles. The van der Waals surface area contributed by atoms with Gasteiger partial charge in [-0.15, -0.1) is 0 Å². The number of hydrogen-bond acceptors (Lipinski definition) is 1. The fourth-order valence-corrected chi connectivity index (χ4v) is 2.59. The molecule has 104 valence electrons. The number of amides is 1. The molecule has 2 nitrogen and oxygen atoms in total. The van der Waals surface area contributed by atoms with Crippen molar-refractivity contribution in [2.75, 3.05) is 6.54 Å². The Balaban J connectivity index is 2.40. The summed E-state index contributed by atoms with van der Waals surface area (Å²) in [5.41, 5.74) is 3.44. The van der Waals surface area contributed by atoms with Crippen LogP contribution in [0.15, 0.2) is 18.2 Å². The van der Waals surface area contributed by atoms with E-state index in [4.69, 9.17) is 0 Å². The molecule has 2 heteroatoms. The van der Waals surface area contributed by atoms with Crippen LogP contribution in [0.2, 0.25) is 0 Å². The van der Waals surface area contributed by atoms with Gasteiger partial charge in [0, 0.05) is 17.6 Å². The van der Waals surface area contributed by atoms with Crippen molar-refractivity contribution in [3.8, 4) is 0 Å².